The van der Waals surface area contributed by atoms with Crippen molar-refractivity contribution in [3.8, 4) is 0 Å². The number of rotatable bonds is 7. The first-order valence-corrected chi connectivity index (χ1v) is 8.79. The standard InChI is InChI=1S/C13H21N5O4S/c1-9(2)17-13(14)16-7-6-15-11-5-4-10(23(3,21)22)8-12(11)18(19)20/h4-5,8-9,15H,6-7H2,1-3H3,(H3,14,16,17). The maximum Gasteiger partial charge on any atom is 0.293 e. The SMILES string of the molecule is CC(C)NC(N)=NCCNc1ccc(S(C)(=O)=O)cc1[N+](=O)[O-]. The number of benzene rings is 1. The Morgan fingerprint density at radius 3 is 2.61 bits per heavy atom. The number of nitro benzene ring substituents is 1. The molecule has 1 aromatic carbocycles. The molecule has 0 aliphatic rings. The van der Waals surface area contributed by atoms with E-state index in [0.29, 0.717) is 19.0 Å². The summed E-state index contributed by atoms with van der Waals surface area (Å²) in [5.74, 6) is 0.295. The third-order valence-corrected chi connectivity index (χ3v) is 3.85. The Morgan fingerprint density at radius 1 is 1.43 bits per heavy atom. The highest BCUT2D eigenvalue weighted by atomic mass is 32.2. The van der Waals surface area contributed by atoms with Crippen LogP contribution in [0, 0.1) is 10.1 Å². The summed E-state index contributed by atoms with van der Waals surface area (Å²) >= 11 is 0. The van der Waals surface area contributed by atoms with Crippen LogP contribution in [-0.2, 0) is 9.84 Å². The number of hydrogen-bond donors (Lipinski definition) is 3. The number of aliphatic imine (C=N–C) groups is 1. The predicted octanol–water partition coefficient (Wildman–Crippen LogP) is 0.723. The highest BCUT2D eigenvalue weighted by molar-refractivity contribution is 7.90. The summed E-state index contributed by atoms with van der Waals surface area (Å²) in [4.78, 5) is 14.4. The Balaban J connectivity index is 2.79. The molecule has 0 aliphatic carbocycles. The van der Waals surface area contributed by atoms with Crippen molar-refractivity contribution in [3.63, 3.8) is 0 Å². The summed E-state index contributed by atoms with van der Waals surface area (Å²) in [7, 11) is -3.50. The second kappa shape index (κ2) is 7.77. The van der Waals surface area contributed by atoms with Gasteiger partial charge in [-0.2, -0.15) is 0 Å². The van der Waals surface area contributed by atoms with Gasteiger partial charge < -0.3 is 16.4 Å². The van der Waals surface area contributed by atoms with Gasteiger partial charge in [0.25, 0.3) is 5.69 Å². The van der Waals surface area contributed by atoms with Gasteiger partial charge in [-0.1, -0.05) is 0 Å². The second-order valence-electron chi connectivity index (χ2n) is 5.20. The lowest BCUT2D eigenvalue weighted by Crippen LogP contribution is -2.37. The Morgan fingerprint density at radius 2 is 2.09 bits per heavy atom. The van der Waals surface area contributed by atoms with Crippen LogP contribution in [0.2, 0.25) is 0 Å². The molecule has 0 saturated carbocycles. The van der Waals surface area contributed by atoms with Crippen LogP contribution in [0.1, 0.15) is 13.8 Å². The first-order valence-electron chi connectivity index (χ1n) is 6.90. The van der Waals surface area contributed by atoms with Crippen molar-refractivity contribution in [2.45, 2.75) is 24.8 Å². The molecular weight excluding hydrogens is 322 g/mol. The summed E-state index contributed by atoms with van der Waals surface area (Å²) in [5.41, 5.74) is 5.56. The topological polar surface area (TPSA) is 140 Å². The van der Waals surface area contributed by atoms with Crippen LogP contribution in [0.25, 0.3) is 0 Å². The normalized spacial score (nSPS) is 12.3. The van der Waals surface area contributed by atoms with E-state index in [4.69, 9.17) is 5.73 Å². The minimum atomic E-state index is -3.50. The van der Waals surface area contributed by atoms with Gasteiger partial charge in [-0.05, 0) is 26.0 Å². The molecule has 0 spiro atoms. The van der Waals surface area contributed by atoms with Crippen molar-refractivity contribution in [3.05, 3.63) is 28.3 Å². The summed E-state index contributed by atoms with van der Waals surface area (Å²) in [6, 6.07) is 3.89. The van der Waals surface area contributed by atoms with Crippen LogP contribution >= 0.6 is 0 Å². The van der Waals surface area contributed by atoms with Crippen molar-refractivity contribution < 1.29 is 13.3 Å². The lowest BCUT2D eigenvalue weighted by molar-refractivity contribution is -0.384. The molecule has 0 aromatic heterocycles. The number of nitrogens with zero attached hydrogens (tertiary/aromatic N) is 2. The highest BCUT2D eigenvalue weighted by Crippen LogP contribution is 2.27. The van der Waals surface area contributed by atoms with Gasteiger partial charge in [-0.15, -0.1) is 0 Å². The third-order valence-electron chi connectivity index (χ3n) is 2.74. The van der Waals surface area contributed by atoms with Gasteiger partial charge in [0.15, 0.2) is 15.8 Å². The van der Waals surface area contributed by atoms with Crippen LogP contribution in [0.15, 0.2) is 28.1 Å². The number of guanidine groups is 1. The van der Waals surface area contributed by atoms with E-state index in [0.717, 1.165) is 12.3 Å². The summed E-state index contributed by atoms with van der Waals surface area (Å²) in [6.45, 7) is 4.48. The first kappa shape index (κ1) is 18.7. The minimum absolute atomic E-state index is 0.0989. The van der Waals surface area contributed by atoms with Gasteiger partial charge in [0.2, 0.25) is 0 Å². The lowest BCUT2D eigenvalue weighted by atomic mass is 10.2. The van der Waals surface area contributed by atoms with E-state index in [1.807, 2.05) is 13.8 Å². The fourth-order valence-corrected chi connectivity index (χ4v) is 2.39. The van der Waals surface area contributed by atoms with Gasteiger partial charge in [-0.3, -0.25) is 15.1 Å². The number of nitrogens with two attached hydrogens (primary N) is 1. The van der Waals surface area contributed by atoms with E-state index < -0.39 is 14.8 Å². The van der Waals surface area contributed by atoms with E-state index >= 15 is 0 Å². The molecule has 0 atom stereocenters. The zero-order chi connectivity index (χ0) is 17.6. The molecule has 0 radical (unpaired) electrons. The molecule has 0 heterocycles. The van der Waals surface area contributed by atoms with Gasteiger partial charge in [0, 0.05) is 24.9 Å². The fraction of sp³-hybridized carbons (Fsp3) is 0.462. The van der Waals surface area contributed by atoms with Gasteiger partial charge in [0.05, 0.1) is 16.4 Å². The van der Waals surface area contributed by atoms with Crippen LogP contribution < -0.4 is 16.4 Å². The van der Waals surface area contributed by atoms with Crippen LogP contribution in [0.4, 0.5) is 11.4 Å². The number of nitrogens with one attached hydrogen (secondary N) is 2. The Labute approximate surface area is 135 Å². The number of anilines is 1. The van der Waals surface area contributed by atoms with Crippen molar-refractivity contribution in [1.29, 1.82) is 0 Å². The van der Waals surface area contributed by atoms with E-state index in [1.165, 1.54) is 12.1 Å². The van der Waals surface area contributed by atoms with Crippen molar-refractivity contribution in [2.75, 3.05) is 24.7 Å². The summed E-state index contributed by atoms with van der Waals surface area (Å²) in [6.07, 6.45) is 0.998. The van der Waals surface area contributed by atoms with Gasteiger partial charge in [0.1, 0.15) is 5.69 Å². The molecule has 0 saturated heterocycles. The van der Waals surface area contributed by atoms with Gasteiger partial charge in [-0.25, -0.2) is 8.42 Å². The minimum Gasteiger partial charge on any atom is -0.378 e. The maximum absolute atomic E-state index is 11.5. The molecule has 0 unspecified atom stereocenters. The molecule has 0 fully saturated rings. The molecular formula is C13H21N5O4S. The number of hydrogen-bond acceptors (Lipinski definition) is 6. The fourth-order valence-electron chi connectivity index (χ4n) is 1.75. The molecule has 1 aromatic rings. The smallest absolute Gasteiger partial charge is 0.293 e. The monoisotopic (exact) mass is 343 g/mol. The van der Waals surface area contributed by atoms with E-state index in [2.05, 4.69) is 15.6 Å². The quantitative estimate of drug-likeness (QED) is 0.218. The van der Waals surface area contributed by atoms with E-state index in [9.17, 15) is 18.5 Å². The molecule has 10 heteroatoms. The van der Waals surface area contributed by atoms with Crippen LogP contribution in [0.5, 0.6) is 0 Å². The van der Waals surface area contributed by atoms with Crippen LogP contribution in [-0.4, -0.2) is 44.7 Å². The summed E-state index contributed by atoms with van der Waals surface area (Å²) < 4.78 is 22.9. The molecule has 4 N–H and O–H groups in total. The molecule has 9 nitrogen and oxygen atoms in total. The average Bonchev–Trinajstić information content (AvgIpc) is 2.41. The first-order chi connectivity index (χ1) is 10.6. The molecule has 1 rings (SSSR count). The molecule has 0 amide bonds. The Hall–Kier alpha value is -2.36. The Bertz CT molecular complexity index is 700. The molecule has 23 heavy (non-hydrogen) atoms. The average molecular weight is 343 g/mol. The molecule has 0 aliphatic heterocycles. The third kappa shape index (κ3) is 6.10. The van der Waals surface area contributed by atoms with E-state index in [1.54, 1.807) is 0 Å². The zero-order valence-corrected chi connectivity index (χ0v) is 14.1. The van der Waals surface area contributed by atoms with Gasteiger partial charge >= 0.3 is 0 Å². The van der Waals surface area contributed by atoms with E-state index in [-0.39, 0.29) is 22.3 Å². The van der Waals surface area contributed by atoms with Crippen molar-refractivity contribution in [1.82, 2.24) is 5.32 Å². The molecule has 128 valence electrons. The maximum atomic E-state index is 11.5. The summed E-state index contributed by atoms with van der Waals surface area (Å²) in [5, 5.41) is 16.9. The Kier molecular flexibility index (Phi) is 6.31. The van der Waals surface area contributed by atoms with Crippen molar-refractivity contribution >= 4 is 27.2 Å². The molecule has 0 bridgehead atoms. The lowest BCUT2D eigenvalue weighted by Gasteiger charge is -2.09. The highest BCUT2D eigenvalue weighted by Gasteiger charge is 2.18. The second-order valence-corrected chi connectivity index (χ2v) is 7.22. The number of sulfone groups is 1. The predicted molar refractivity (Wildman–Crippen MR) is 89.5 cm³/mol. The zero-order valence-electron chi connectivity index (χ0n) is 13.2. The van der Waals surface area contributed by atoms with Crippen LogP contribution in [0.3, 0.4) is 0 Å². The van der Waals surface area contributed by atoms with Crippen molar-refractivity contribution in [2.24, 2.45) is 10.7 Å². The largest absolute Gasteiger partial charge is 0.378 e. The number of nitro groups is 1.